The Hall–Kier alpha value is -1.71. The van der Waals surface area contributed by atoms with Crippen LogP contribution in [0.25, 0.3) is 21.3 Å². The van der Waals surface area contributed by atoms with Gasteiger partial charge in [0, 0.05) is 40.5 Å². The zero-order chi connectivity index (χ0) is 17.6. The molecule has 0 saturated heterocycles. The molecule has 1 heterocycles. The average Bonchev–Trinajstić information content (AvgIpc) is 3.03. The van der Waals surface area contributed by atoms with Gasteiger partial charge in [-0.05, 0) is 42.8 Å². The van der Waals surface area contributed by atoms with Crippen LogP contribution in [0, 0.1) is 11.8 Å². The first-order valence-electron chi connectivity index (χ1n) is 8.11. The maximum atomic E-state index is 8.88. The van der Waals surface area contributed by atoms with Gasteiger partial charge in [-0.1, -0.05) is 46.0 Å². The number of benzene rings is 2. The summed E-state index contributed by atoms with van der Waals surface area (Å²) < 4.78 is 6.85. The van der Waals surface area contributed by atoms with E-state index in [2.05, 4.69) is 67.4 Å². The number of nitrogens with zero attached hydrogens (tertiary/aromatic N) is 2. The van der Waals surface area contributed by atoms with Crippen LogP contribution in [-0.2, 0) is 0 Å². The number of halogens is 1. The van der Waals surface area contributed by atoms with Crippen LogP contribution in [0.5, 0.6) is 0 Å². The van der Waals surface area contributed by atoms with E-state index < -0.39 is 0 Å². The SMILES string of the molecule is CN(CCO)CCC#Cc1ccc2c(-c3ccc(Br)cc3)nsc2c1. The van der Waals surface area contributed by atoms with Crippen molar-refractivity contribution in [2.45, 2.75) is 6.42 Å². The first-order chi connectivity index (χ1) is 12.2. The molecule has 0 aliphatic rings. The Morgan fingerprint density at radius 1 is 1.16 bits per heavy atom. The molecule has 0 atom stereocenters. The molecule has 0 amide bonds. The highest BCUT2D eigenvalue weighted by Crippen LogP contribution is 2.31. The van der Waals surface area contributed by atoms with Crippen molar-refractivity contribution in [3.63, 3.8) is 0 Å². The third-order valence-electron chi connectivity index (χ3n) is 3.92. The third-order valence-corrected chi connectivity index (χ3v) is 5.26. The van der Waals surface area contributed by atoms with Crippen LogP contribution in [0.1, 0.15) is 12.0 Å². The molecule has 3 nitrogen and oxygen atoms in total. The van der Waals surface area contributed by atoms with Crippen molar-refractivity contribution in [1.29, 1.82) is 0 Å². The van der Waals surface area contributed by atoms with Crippen molar-refractivity contribution in [3.8, 4) is 23.1 Å². The number of hydrogen-bond donors (Lipinski definition) is 1. The topological polar surface area (TPSA) is 36.4 Å². The van der Waals surface area contributed by atoms with E-state index in [1.54, 1.807) is 0 Å². The highest BCUT2D eigenvalue weighted by molar-refractivity contribution is 9.10. The summed E-state index contributed by atoms with van der Waals surface area (Å²) in [6.45, 7) is 1.74. The lowest BCUT2D eigenvalue weighted by molar-refractivity contribution is 0.224. The van der Waals surface area contributed by atoms with Crippen molar-refractivity contribution >= 4 is 37.5 Å². The minimum absolute atomic E-state index is 0.187. The predicted octanol–water partition coefficient (Wildman–Crippen LogP) is 4.39. The zero-order valence-electron chi connectivity index (χ0n) is 14.0. The lowest BCUT2D eigenvalue weighted by Gasteiger charge is -2.11. The molecule has 0 unspecified atom stereocenters. The van der Waals surface area contributed by atoms with Crippen LogP contribution in [0.2, 0.25) is 0 Å². The van der Waals surface area contributed by atoms with Gasteiger partial charge in [0.25, 0.3) is 0 Å². The third kappa shape index (κ3) is 4.68. The Balaban J connectivity index is 1.75. The normalized spacial score (nSPS) is 10.9. The molecular formula is C20H19BrN2OS. The van der Waals surface area contributed by atoms with E-state index in [0.717, 1.165) is 39.0 Å². The predicted molar refractivity (Wildman–Crippen MR) is 109 cm³/mol. The van der Waals surface area contributed by atoms with Crippen molar-refractivity contribution in [2.75, 3.05) is 26.7 Å². The van der Waals surface area contributed by atoms with E-state index in [0.29, 0.717) is 6.54 Å². The maximum absolute atomic E-state index is 8.88. The molecule has 0 fully saturated rings. The summed E-state index contributed by atoms with van der Waals surface area (Å²) in [7, 11) is 1.99. The van der Waals surface area contributed by atoms with Crippen LogP contribution in [0.4, 0.5) is 0 Å². The minimum Gasteiger partial charge on any atom is -0.395 e. The zero-order valence-corrected chi connectivity index (χ0v) is 16.4. The fraction of sp³-hybridized carbons (Fsp3) is 0.250. The van der Waals surface area contributed by atoms with E-state index in [1.807, 2.05) is 19.2 Å². The number of hydrogen-bond acceptors (Lipinski definition) is 4. The Labute approximate surface area is 160 Å². The summed E-state index contributed by atoms with van der Waals surface area (Å²) in [4.78, 5) is 2.07. The summed E-state index contributed by atoms with van der Waals surface area (Å²) in [5.74, 6) is 6.43. The average molecular weight is 415 g/mol. The Bertz CT molecular complexity index is 909. The molecular weight excluding hydrogens is 396 g/mol. The van der Waals surface area contributed by atoms with Crippen molar-refractivity contribution in [2.24, 2.45) is 0 Å². The number of aromatic nitrogens is 1. The van der Waals surface area contributed by atoms with E-state index >= 15 is 0 Å². The van der Waals surface area contributed by atoms with Crippen LogP contribution in [0.3, 0.4) is 0 Å². The number of aliphatic hydroxyl groups excluding tert-OH is 1. The quantitative estimate of drug-likeness (QED) is 0.628. The Morgan fingerprint density at radius 2 is 1.96 bits per heavy atom. The number of rotatable bonds is 5. The molecule has 0 bridgehead atoms. The maximum Gasteiger partial charge on any atom is 0.0919 e. The fourth-order valence-corrected chi connectivity index (χ4v) is 3.63. The van der Waals surface area contributed by atoms with Crippen LogP contribution in [0.15, 0.2) is 46.9 Å². The lowest BCUT2D eigenvalue weighted by Crippen LogP contribution is -2.22. The molecule has 1 N–H and O–H groups in total. The Morgan fingerprint density at radius 3 is 2.72 bits per heavy atom. The second-order valence-electron chi connectivity index (χ2n) is 5.83. The van der Waals surface area contributed by atoms with Crippen LogP contribution < -0.4 is 0 Å². The van der Waals surface area contributed by atoms with Gasteiger partial charge in [0.1, 0.15) is 0 Å². The first-order valence-corrected chi connectivity index (χ1v) is 9.67. The molecule has 5 heteroatoms. The molecule has 0 aliphatic carbocycles. The minimum atomic E-state index is 0.187. The van der Waals surface area contributed by atoms with Gasteiger partial charge in [0.05, 0.1) is 17.0 Å². The van der Waals surface area contributed by atoms with Crippen molar-refractivity contribution < 1.29 is 5.11 Å². The van der Waals surface area contributed by atoms with Crippen molar-refractivity contribution in [3.05, 3.63) is 52.5 Å². The monoisotopic (exact) mass is 414 g/mol. The second kappa shape index (κ2) is 8.59. The van der Waals surface area contributed by atoms with Gasteiger partial charge in [0.15, 0.2) is 0 Å². The summed E-state index contributed by atoms with van der Waals surface area (Å²) in [5, 5.41) is 10.1. The molecule has 0 saturated carbocycles. The molecule has 3 aromatic rings. The molecule has 3 rings (SSSR count). The van der Waals surface area contributed by atoms with Crippen molar-refractivity contribution in [1.82, 2.24) is 9.27 Å². The molecule has 0 radical (unpaired) electrons. The van der Waals surface area contributed by atoms with Gasteiger partial charge in [0.2, 0.25) is 0 Å². The number of likely N-dealkylation sites (N-methyl/N-ethyl adjacent to an activating group) is 1. The van der Waals surface area contributed by atoms with E-state index in [4.69, 9.17) is 5.11 Å². The molecule has 128 valence electrons. The lowest BCUT2D eigenvalue weighted by atomic mass is 10.1. The second-order valence-corrected chi connectivity index (χ2v) is 7.55. The van der Waals surface area contributed by atoms with Gasteiger partial charge in [-0.25, -0.2) is 0 Å². The van der Waals surface area contributed by atoms with Gasteiger partial charge in [-0.15, -0.1) is 0 Å². The van der Waals surface area contributed by atoms with E-state index in [1.165, 1.54) is 16.9 Å². The standard InChI is InChI=1S/C20H19BrN2OS/c1-23(12-13-24)11-3-2-4-15-5-10-18-19(14-15)25-22-20(18)16-6-8-17(21)9-7-16/h5-10,14,24H,3,11-13H2,1H3. The van der Waals surface area contributed by atoms with E-state index in [-0.39, 0.29) is 6.61 Å². The Kier molecular flexibility index (Phi) is 6.22. The van der Waals surface area contributed by atoms with Gasteiger partial charge in [-0.3, -0.25) is 0 Å². The molecule has 1 aromatic heterocycles. The molecule has 0 aliphatic heterocycles. The van der Waals surface area contributed by atoms with Gasteiger partial charge >= 0.3 is 0 Å². The largest absolute Gasteiger partial charge is 0.395 e. The summed E-state index contributed by atoms with van der Waals surface area (Å²) in [5.41, 5.74) is 3.17. The number of aliphatic hydroxyl groups is 1. The fourth-order valence-electron chi connectivity index (χ4n) is 2.53. The molecule has 25 heavy (non-hydrogen) atoms. The van der Waals surface area contributed by atoms with Crippen LogP contribution >= 0.6 is 27.5 Å². The van der Waals surface area contributed by atoms with E-state index in [9.17, 15) is 0 Å². The highest BCUT2D eigenvalue weighted by atomic mass is 79.9. The van der Waals surface area contributed by atoms with Gasteiger partial charge in [-0.2, -0.15) is 4.37 Å². The first kappa shape index (κ1) is 18.1. The summed E-state index contributed by atoms with van der Waals surface area (Å²) in [6.07, 6.45) is 0.793. The summed E-state index contributed by atoms with van der Waals surface area (Å²) >= 11 is 4.98. The smallest absolute Gasteiger partial charge is 0.0919 e. The van der Waals surface area contributed by atoms with Gasteiger partial charge < -0.3 is 10.0 Å². The number of fused-ring (bicyclic) bond motifs is 1. The highest BCUT2D eigenvalue weighted by Gasteiger charge is 2.08. The molecule has 0 spiro atoms. The summed E-state index contributed by atoms with van der Waals surface area (Å²) in [6, 6.07) is 14.5. The molecule has 2 aromatic carbocycles. The van der Waals surface area contributed by atoms with Crippen LogP contribution in [-0.4, -0.2) is 41.1 Å².